The predicted molar refractivity (Wildman–Crippen MR) is 84.0 cm³/mol. The van der Waals surface area contributed by atoms with Crippen LogP contribution in [0.1, 0.15) is 84.0 Å². The van der Waals surface area contributed by atoms with Crippen molar-refractivity contribution < 1.29 is 33.4 Å². The summed E-state index contributed by atoms with van der Waals surface area (Å²) in [5.41, 5.74) is 0. The summed E-state index contributed by atoms with van der Waals surface area (Å²) in [6.07, 6.45) is 17.4. The zero-order valence-corrected chi connectivity index (χ0v) is 16.4. The molecule has 23 heavy (non-hydrogen) atoms. The van der Waals surface area contributed by atoms with Crippen molar-refractivity contribution in [2.24, 2.45) is 0 Å². The minimum absolute atomic E-state index is 1.12. The van der Waals surface area contributed by atoms with Crippen molar-refractivity contribution in [3.8, 4) is 0 Å². The maximum Gasteiger partial charge on any atom is 0.0780 e. The number of halogens is 1. The second-order valence-electron chi connectivity index (χ2n) is 7.28. The highest BCUT2D eigenvalue weighted by molar-refractivity contribution is 4.48. The summed E-state index contributed by atoms with van der Waals surface area (Å²) in [5.74, 6) is 0. The number of hydrogen-bond acceptors (Lipinski definition) is 4. The minimum atomic E-state index is -4.94. The van der Waals surface area contributed by atoms with E-state index in [1.165, 1.54) is 83.6 Å². The zero-order chi connectivity index (χ0) is 18.2. The summed E-state index contributed by atoms with van der Waals surface area (Å²) in [6, 6.07) is 0. The molecule has 6 heteroatoms. The van der Waals surface area contributed by atoms with Crippen molar-refractivity contribution in [3.05, 3.63) is 0 Å². The van der Waals surface area contributed by atoms with Gasteiger partial charge in [0.25, 0.3) is 0 Å². The lowest BCUT2D eigenvalue weighted by Crippen LogP contribution is -2.68. The molecule has 0 radical (unpaired) electrons. The summed E-state index contributed by atoms with van der Waals surface area (Å²) in [5, 5.41) is 0. The van der Waals surface area contributed by atoms with Crippen LogP contribution in [0, 0.1) is 10.2 Å². The molecule has 0 fully saturated rings. The molecule has 5 nitrogen and oxygen atoms in total. The van der Waals surface area contributed by atoms with Gasteiger partial charge in [0.1, 0.15) is 0 Å². The predicted octanol–water partition coefficient (Wildman–Crippen LogP) is 0.638. The molecule has 0 unspecified atom stereocenters. The van der Waals surface area contributed by atoms with Crippen LogP contribution in [0.4, 0.5) is 0 Å². The Hall–Kier alpha value is 0.0900. The second-order valence-corrected chi connectivity index (χ2v) is 8.04. The van der Waals surface area contributed by atoms with Crippen LogP contribution in [0.5, 0.6) is 0 Å². The molecule has 0 heterocycles. The van der Waals surface area contributed by atoms with Crippen LogP contribution in [0.2, 0.25) is 0 Å². The molecule has 0 aromatic carbocycles. The SMILES string of the molecule is CCCCCCCCCCCCCC[N+](C)(C)C.[O-][Cl+3]([O-])([O-])[O-]. The molecule has 0 spiro atoms. The number of rotatable bonds is 13. The lowest BCUT2D eigenvalue weighted by molar-refractivity contribution is -2.00. The largest absolute Gasteiger partial charge is 0.331 e. The molecule has 0 aromatic rings. The van der Waals surface area contributed by atoms with E-state index in [1.54, 1.807) is 0 Å². The molecule has 0 aliphatic rings. The minimum Gasteiger partial charge on any atom is -0.331 e. The first kappa shape index (κ1) is 25.3. The van der Waals surface area contributed by atoms with Crippen LogP contribution >= 0.6 is 0 Å². The van der Waals surface area contributed by atoms with Crippen molar-refractivity contribution in [1.82, 2.24) is 0 Å². The van der Waals surface area contributed by atoms with E-state index in [0.717, 1.165) is 4.48 Å². The van der Waals surface area contributed by atoms with Gasteiger partial charge in [-0.25, -0.2) is 18.6 Å². The van der Waals surface area contributed by atoms with E-state index in [-0.39, 0.29) is 0 Å². The van der Waals surface area contributed by atoms with Crippen molar-refractivity contribution in [3.63, 3.8) is 0 Å². The number of nitrogens with zero attached hydrogens (tertiary/aromatic N) is 1. The molecule has 0 aliphatic heterocycles. The highest BCUT2D eigenvalue weighted by Gasteiger charge is 2.04. The molecule has 0 bridgehead atoms. The number of hydrogen-bond donors (Lipinski definition) is 0. The maximum absolute atomic E-state index is 8.49. The zero-order valence-electron chi connectivity index (χ0n) is 15.7. The smallest absolute Gasteiger partial charge is 0.0780 e. The first-order valence-corrected chi connectivity index (χ1v) is 10.2. The van der Waals surface area contributed by atoms with Gasteiger partial charge in [0.15, 0.2) is 0 Å². The van der Waals surface area contributed by atoms with Gasteiger partial charge in [-0.05, 0) is 12.8 Å². The van der Waals surface area contributed by atoms with E-state index in [1.807, 2.05) is 0 Å². The van der Waals surface area contributed by atoms with Crippen molar-refractivity contribution in [2.75, 3.05) is 27.7 Å². The first-order valence-electron chi connectivity index (χ1n) is 8.98. The van der Waals surface area contributed by atoms with Gasteiger partial charge in [-0.3, -0.25) is 0 Å². The molecule has 0 aliphatic carbocycles. The standard InChI is InChI=1S/C17H38N.ClHO4/c1-5-6-7-8-9-10-11-12-13-14-15-16-17-18(2,3)4;2-1(3,4)5/h5-17H2,1-4H3;(H,2,3,4,5)/q+1;/p-1. The van der Waals surface area contributed by atoms with Gasteiger partial charge in [0.05, 0.1) is 27.7 Å². The Kier molecular flexibility index (Phi) is 17.2. The third kappa shape index (κ3) is 39.2. The Labute approximate surface area is 145 Å². The second kappa shape index (κ2) is 15.6. The Bertz CT molecular complexity index is 234. The molecule has 0 saturated carbocycles. The summed E-state index contributed by atoms with van der Waals surface area (Å²) in [4.78, 5) is 0. The summed E-state index contributed by atoms with van der Waals surface area (Å²) < 4.78 is 35.1. The Morgan fingerprint density at radius 1 is 0.565 bits per heavy atom. The third-order valence-corrected chi connectivity index (χ3v) is 3.68. The van der Waals surface area contributed by atoms with Crippen LogP contribution in [0.3, 0.4) is 0 Å². The van der Waals surface area contributed by atoms with Crippen molar-refractivity contribution in [1.29, 1.82) is 0 Å². The topological polar surface area (TPSA) is 92.2 Å². The summed E-state index contributed by atoms with van der Waals surface area (Å²) >= 11 is 0. The molecule has 0 N–H and O–H groups in total. The Morgan fingerprint density at radius 3 is 1.09 bits per heavy atom. The normalized spacial score (nSPS) is 12.0. The Morgan fingerprint density at radius 2 is 0.826 bits per heavy atom. The summed E-state index contributed by atoms with van der Waals surface area (Å²) in [6.45, 7) is 3.62. The summed E-state index contributed by atoms with van der Waals surface area (Å²) in [7, 11) is 1.93. The fourth-order valence-corrected chi connectivity index (χ4v) is 2.43. The van der Waals surface area contributed by atoms with Crippen LogP contribution < -0.4 is 18.6 Å². The van der Waals surface area contributed by atoms with Crippen LogP contribution in [-0.2, 0) is 0 Å². The lowest BCUT2D eigenvalue weighted by atomic mass is 10.1. The first-order chi connectivity index (χ1) is 10.6. The van der Waals surface area contributed by atoms with Gasteiger partial charge >= 0.3 is 0 Å². The van der Waals surface area contributed by atoms with Gasteiger partial charge in [-0.2, -0.15) is 0 Å². The van der Waals surface area contributed by atoms with Crippen LogP contribution in [0.15, 0.2) is 0 Å². The van der Waals surface area contributed by atoms with Crippen molar-refractivity contribution >= 4 is 0 Å². The quantitative estimate of drug-likeness (QED) is 0.358. The van der Waals surface area contributed by atoms with E-state index < -0.39 is 10.2 Å². The van der Waals surface area contributed by atoms with E-state index in [0.29, 0.717) is 0 Å². The Balaban J connectivity index is 0. The fraction of sp³-hybridized carbons (Fsp3) is 1.00. The molecule has 142 valence electrons. The molecule has 0 aromatic heterocycles. The van der Waals surface area contributed by atoms with Crippen LogP contribution in [0.25, 0.3) is 0 Å². The van der Waals surface area contributed by atoms with Gasteiger partial charge in [0.2, 0.25) is 0 Å². The average Bonchev–Trinajstić information content (AvgIpc) is 2.37. The van der Waals surface area contributed by atoms with E-state index in [4.69, 9.17) is 18.6 Å². The fourth-order valence-electron chi connectivity index (χ4n) is 2.43. The van der Waals surface area contributed by atoms with Crippen LogP contribution in [-0.4, -0.2) is 32.2 Å². The highest BCUT2D eigenvalue weighted by atomic mass is 35.7. The van der Waals surface area contributed by atoms with E-state index in [2.05, 4.69) is 28.1 Å². The van der Waals surface area contributed by atoms with E-state index >= 15 is 0 Å². The maximum atomic E-state index is 8.49. The number of quaternary nitrogens is 1. The molecular weight excluding hydrogens is 318 g/mol. The molecular formula is C17H38ClNO4. The lowest BCUT2D eigenvalue weighted by Gasteiger charge is -2.23. The monoisotopic (exact) mass is 355 g/mol. The third-order valence-electron chi connectivity index (χ3n) is 3.68. The molecule has 0 atom stereocenters. The van der Waals surface area contributed by atoms with Gasteiger partial charge in [-0.15, -0.1) is 10.2 Å². The highest BCUT2D eigenvalue weighted by Crippen LogP contribution is 2.12. The van der Waals surface area contributed by atoms with Crippen molar-refractivity contribution in [2.45, 2.75) is 84.0 Å². The van der Waals surface area contributed by atoms with E-state index in [9.17, 15) is 0 Å². The molecule has 0 rings (SSSR count). The number of unbranched alkanes of at least 4 members (excludes halogenated alkanes) is 11. The van der Waals surface area contributed by atoms with Gasteiger partial charge in [0, 0.05) is 0 Å². The molecule has 0 amide bonds. The molecule has 0 saturated heterocycles. The van der Waals surface area contributed by atoms with Gasteiger partial charge in [-0.1, -0.05) is 71.1 Å². The average molecular weight is 356 g/mol. The van der Waals surface area contributed by atoms with Gasteiger partial charge < -0.3 is 4.48 Å².